The lowest BCUT2D eigenvalue weighted by Crippen LogP contribution is -2.29. The number of carbonyl (C=O) groups excluding carboxylic acids is 2. The topological polar surface area (TPSA) is 98.1 Å². The van der Waals surface area contributed by atoms with Gasteiger partial charge in [0.2, 0.25) is 5.91 Å². The van der Waals surface area contributed by atoms with Crippen LogP contribution in [0.4, 0.5) is 5.69 Å². The molecule has 2 aromatic carbocycles. The summed E-state index contributed by atoms with van der Waals surface area (Å²) in [6.45, 7) is 4.32. The van der Waals surface area contributed by atoms with E-state index in [1.807, 2.05) is 23.6 Å². The van der Waals surface area contributed by atoms with Gasteiger partial charge in [-0.3, -0.25) is 9.59 Å². The van der Waals surface area contributed by atoms with Gasteiger partial charge in [-0.05, 0) is 44.2 Å². The van der Waals surface area contributed by atoms with Crippen LogP contribution in [-0.4, -0.2) is 39.4 Å². The van der Waals surface area contributed by atoms with Crippen molar-refractivity contribution in [2.45, 2.75) is 31.6 Å². The summed E-state index contributed by atoms with van der Waals surface area (Å²) in [5, 5.41) is 15.4. The summed E-state index contributed by atoms with van der Waals surface area (Å²) in [4.78, 5) is 25.1. The Morgan fingerprint density at radius 2 is 1.94 bits per heavy atom. The second-order valence-electron chi connectivity index (χ2n) is 6.94. The van der Waals surface area contributed by atoms with E-state index in [0.29, 0.717) is 39.5 Å². The van der Waals surface area contributed by atoms with Gasteiger partial charge in [-0.15, -0.1) is 10.2 Å². The van der Waals surface area contributed by atoms with E-state index in [-0.39, 0.29) is 22.6 Å². The number of para-hydroxylation sites is 2. The maximum Gasteiger partial charge on any atom is 0.253 e. The lowest BCUT2D eigenvalue weighted by molar-refractivity contribution is -0.113. The molecule has 2 N–H and O–H groups in total. The van der Waals surface area contributed by atoms with Crippen molar-refractivity contribution in [1.82, 2.24) is 20.1 Å². The number of benzene rings is 2. The van der Waals surface area contributed by atoms with Crippen LogP contribution >= 0.6 is 35.0 Å². The first kappa shape index (κ1) is 24.9. The normalized spacial score (nSPS) is 11.7. The molecule has 11 heteroatoms. The Morgan fingerprint density at radius 1 is 1.18 bits per heavy atom. The largest absolute Gasteiger partial charge is 0.495 e. The molecular formula is C22H23Cl2N5O3S. The maximum absolute atomic E-state index is 12.6. The Labute approximate surface area is 206 Å². The number of rotatable bonds is 9. The zero-order chi connectivity index (χ0) is 24.0. The van der Waals surface area contributed by atoms with Gasteiger partial charge >= 0.3 is 0 Å². The summed E-state index contributed by atoms with van der Waals surface area (Å²) in [5.41, 5.74) is 0.915. The fourth-order valence-corrected chi connectivity index (χ4v) is 4.40. The highest BCUT2D eigenvalue weighted by Crippen LogP contribution is 2.25. The molecule has 33 heavy (non-hydrogen) atoms. The van der Waals surface area contributed by atoms with Crippen LogP contribution < -0.4 is 15.4 Å². The first-order valence-corrected chi connectivity index (χ1v) is 11.8. The number of hydrogen-bond acceptors (Lipinski definition) is 6. The van der Waals surface area contributed by atoms with E-state index in [0.717, 1.165) is 0 Å². The highest BCUT2D eigenvalue weighted by Gasteiger charge is 2.21. The molecule has 0 aliphatic carbocycles. The number of methoxy groups -OCH3 is 1. The van der Waals surface area contributed by atoms with Gasteiger partial charge in [-0.1, -0.05) is 47.1 Å². The molecule has 0 fully saturated rings. The van der Waals surface area contributed by atoms with E-state index in [2.05, 4.69) is 20.8 Å². The van der Waals surface area contributed by atoms with Crippen molar-refractivity contribution in [3.8, 4) is 5.75 Å². The molecule has 1 atom stereocenters. The second-order valence-corrected chi connectivity index (χ2v) is 8.73. The number of anilines is 1. The Balaban J connectivity index is 1.65. The number of ether oxygens (including phenoxy) is 1. The van der Waals surface area contributed by atoms with Crippen LogP contribution in [0.5, 0.6) is 5.75 Å². The molecule has 1 aromatic heterocycles. The van der Waals surface area contributed by atoms with Gasteiger partial charge < -0.3 is 19.9 Å². The number of aromatic nitrogens is 3. The SMILES string of the molecule is CCn1c(SCC(=O)Nc2ccccc2OC)nnc1[C@@H](C)NC(=O)c1ccc(Cl)cc1Cl. The Kier molecular flexibility index (Phi) is 8.60. The minimum Gasteiger partial charge on any atom is -0.495 e. The van der Waals surface area contributed by atoms with Crippen LogP contribution in [0.3, 0.4) is 0 Å². The number of carbonyl (C=O) groups is 2. The van der Waals surface area contributed by atoms with Crippen LogP contribution in [0.15, 0.2) is 47.6 Å². The molecule has 0 bridgehead atoms. The van der Waals surface area contributed by atoms with Crippen molar-refractivity contribution >= 4 is 52.5 Å². The molecule has 2 amide bonds. The van der Waals surface area contributed by atoms with Crippen LogP contribution in [0.1, 0.15) is 36.1 Å². The Hall–Kier alpha value is -2.75. The van der Waals surface area contributed by atoms with E-state index in [9.17, 15) is 9.59 Å². The summed E-state index contributed by atoms with van der Waals surface area (Å²) >= 11 is 13.3. The number of thioether (sulfide) groups is 1. The number of halogens is 2. The predicted octanol–water partition coefficient (Wildman–Crippen LogP) is 4.84. The molecule has 3 rings (SSSR count). The highest BCUT2D eigenvalue weighted by atomic mass is 35.5. The highest BCUT2D eigenvalue weighted by molar-refractivity contribution is 7.99. The molecule has 174 valence electrons. The van der Waals surface area contributed by atoms with Crippen LogP contribution in [0, 0.1) is 0 Å². The summed E-state index contributed by atoms with van der Waals surface area (Å²) in [7, 11) is 1.55. The number of nitrogens with one attached hydrogen (secondary N) is 2. The molecule has 0 aliphatic rings. The minimum atomic E-state index is -0.437. The number of amides is 2. The van der Waals surface area contributed by atoms with Crippen molar-refractivity contribution in [1.29, 1.82) is 0 Å². The van der Waals surface area contributed by atoms with Crippen molar-refractivity contribution in [3.05, 3.63) is 63.9 Å². The van der Waals surface area contributed by atoms with E-state index < -0.39 is 6.04 Å². The van der Waals surface area contributed by atoms with E-state index in [1.165, 1.54) is 17.8 Å². The van der Waals surface area contributed by atoms with Gasteiger partial charge in [-0.2, -0.15) is 0 Å². The first-order valence-electron chi connectivity index (χ1n) is 10.1. The third-order valence-electron chi connectivity index (χ3n) is 4.69. The van der Waals surface area contributed by atoms with Crippen molar-refractivity contribution < 1.29 is 14.3 Å². The molecule has 0 saturated heterocycles. The fraction of sp³-hybridized carbons (Fsp3) is 0.273. The van der Waals surface area contributed by atoms with Gasteiger partial charge in [-0.25, -0.2) is 0 Å². The van der Waals surface area contributed by atoms with E-state index >= 15 is 0 Å². The fourth-order valence-electron chi connectivity index (χ4n) is 3.10. The molecular weight excluding hydrogens is 485 g/mol. The average molecular weight is 508 g/mol. The molecule has 0 radical (unpaired) electrons. The average Bonchev–Trinajstić information content (AvgIpc) is 3.21. The molecule has 3 aromatic rings. The van der Waals surface area contributed by atoms with Gasteiger partial charge in [0.05, 0.1) is 35.2 Å². The second kappa shape index (κ2) is 11.4. The van der Waals surface area contributed by atoms with Crippen LogP contribution in [-0.2, 0) is 11.3 Å². The van der Waals surface area contributed by atoms with Gasteiger partial charge in [0.25, 0.3) is 5.91 Å². The standard InChI is InChI=1S/C22H23Cl2N5O3S/c1-4-29-20(13(2)25-21(31)15-10-9-14(23)11-16(15)24)27-28-22(29)33-12-19(30)26-17-7-5-6-8-18(17)32-3/h5-11,13H,4,12H2,1-3H3,(H,25,31)(H,26,30)/t13-/m1/s1. The maximum atomic E-state index is 12.6. The van der Waals surface area contributed by atoms with Gasteiger partial charge in [0.15, 0.2) is 11.0 Å². The zero-order valence-corrected chi connectivity index (χ0v) is 20.6. The molecule has 0 aliphatic heterocycles. The van der Waals surface area contributed by atoms with Crippen LogP contribution in [0.2, 0.25) is 10.0 Å². The first-order chi connectivity index (χ1) is 15.8. The Bertz CT molecular complexity index is 1150. The summed E-state index contributed by atoms with van der Waals surface area (Å²) in [5.74, 6) is 0.747. The summed E-state index contributed by atoms with van der Waals surface area (Å²) < 4.78 is 7.11. The van der Waals surface area contributed by atoms with Crippen LogP contribution in [0.25, 0.3) is 0 Å². The summed E-state index contributed by atoms with van der Waals surface area (Å²) in [6.07, 6.45) is 0. The quantitative estimate of drug-likeness (QED) is 0.402. The predicted molar refractivity (Wildman–Crippen MR) is 130 cm³/mol. The third kappa shape index (κ3) is 6.19. The third-order valence-corrected chi connectivity index (χ3v) is 6.20. The lowest BCUT2D eigenvalue weighted by atomic mass is 10.2. The zero-order valence-electron chi connectivity index (χ0n) is 18.3. The monoisotopic (exact) mass is 507 g/mol. The van der Waals surface area contributed by atoms with E-state index in [1.54, 1.807) is 38.3 Å². The molecule has 8 nitrogen and oxygen atoms in total. The van der Waals surface area contributed by atoms with E-state index in [4.69, 9.17) is 27.9 Å². The van der Waals surface area contributed by atoms with Gasteiger partial charge in [0.1, 0.15) is 5.75 Å². The number of nitrogens with zero attached hydrogens (tertiary/aromatic N) is 3. The van der Waals surface area contributed by atoms with Gasteiger partial charge in [0, 0.05) is 11.6 Å². The Morgan fingerprint density at radius 3 is 2.64 bits per heavy atom. The molecule has 0 saturated carbocycles. The lowest BCUT2D eigenvalue weighted by Gasteiger charge is -2.15. The van der Waals surface area contributed by atoms with Crippen molar-refractivity contribution in [3.63, 3.8) is 0 Å². The number of hydrogen-bond donors (Lipinski definition) is 2. The molecule has 0 unspecified atom stereocenters. The van der Waals surface area contributed by atoms with Crippen molar-refractivity contribution in [2.75, 3.05) is 18.2 Å². The molecule has 1 heterocycles. The van der Waals surface area contributed by atoms with Crippen molar-refractivity contribution in [2.24, 2.45) is 0 Å². The minimum absolute atomic E-state index is 0.136. The summed E-state index contributed by atoms with van der Waals surface area (Å²) in [6, 6.07) is 11.4. The smallest absolute Gasteiger partial charge is 0.253 e. The molecule has 0 spiro atoms.